The molecule has 1 saturated carbocycles. The molecule has 7 nitrogen and oxygen atoms in total. The van der Waals surface area contributed by atoms with Crippen molar-refractivity contribution in [3.05, 3.63) is 55.0 Å². The van der Waals surface area contributed by atoms with Crippen LogP contribution in [0.5, 0.6) is 11.5 Å². The van der Waals surface area contributed by atoms with E-state index in [0.29, 0.717) is 25.1 Å². The molecule has 0 atom stereocenters. The van der Waals surface area contributed by atoms with Gasteiger partial charge in [-0.25, -0.2) is 4.39 Å². The number of aromatic nitrogens is 2. The second-order valence-electron chi connectivity index (χ2n) is 8.78. The number of hydrogen-bond acceptors (Lipinski definition) is 5. The molecule has 0 bridgehead atoms. The number of hydrogen-bond donors (Lipinski definition) is 2. The molecule has 174 valence electrons. The van der Waals surface area contributed by atoms with Crippen LogP contribution in [0.3, 0.4) is 0 Å². The fourth-order valence-corrected chi connectivity index (χ4v) is 4.17. The van der Waals surface area contributed by atoms with Crippen molar-refractivity contribution in [1.29, 1.82) is 0 Å². The molecule has 8 heteroatoms. The number of fused-ring (bicyclic) bond motifs is 1. The largest absolute Gasteiger partial charge is 0.508 e. The van der Waals surface area contributed by atoms with E-state index in [2.05, 4.69) is 16.8 Å². The van der Waals surface area contributed by atoms with Gasteiger partial charge in [0.15, 0.2) is 5.83 Å². The normalized spacial score (nSPS) is 17.7. The number of rotatable bonds is 9. The Morgan fingerprint density at radius 2 is 1.94 bits per heavy atom. The summed E-state index contributed by atoms with van der Waals surface area (Å²) in [6.45, 7) is 4.50. The molecule has 0 radical (unpaired) electrons. The molecule has 33 heavy (non-hydrogen) atoms. The first-order valence-electron chi connectivity index (χ1n) is 11.0. The summed E-state index contributed by atoms with van der Waals surface area (Å²) in [4.78, 5) is 16.0. The van der Waals surface area contributed by atoms with Gasteiger partial charge < -0.3 is 19.6 Å². The van der Waals surface area contributed by atoms with Crippen LogP contribution in [-0.4, -0.2) is 70.3 Å². The maximum Gasteiger partial charge on any atom is 0.282 e. The molecule has 2 aromatic carbocycles. The maximum absolute atomic E-state index is 13.6. The second-order valence-corrected chi connectivity index (χ2v) is 8.78. The number of nitrogens with one attached hydrogen (secondary N) is 1. The number of carbonyl (C=O) groups is 1. The Morgan fingerprint density at radius 1 is 1.21 bits per heavy atom. The highest BCUT2D eigenvalue weighted by atomic mass is 19.1. The van der Waals surface area contributed by atoms with E-state index in [1.54, 1.807) is 23.2 Å². The number of benzene rings is 2. The highest BCUT2D eigenvalue weighted by Gasteiger charge is 2.38. The van der Waals surface area contributed by atoms with E-state index in [4.69, 9.17) is 4.74 Å². The van der Waals surface area contributed by atoms with Crippen LogP contribution < -0.4 is 4.74 Å². The summed E-state index contributed by atoms with van der Waals surface area (Å²) in [5.41, 5.74) is 2.73. The topological polar surface area (TPSA) is 81.7 Å². The standard InChI is InChI=1S/C25H29FN4O3/c1-16(26)25(32)30(10-4-9-29(2)3)19-13-21(14-19)33-24-12-18(11-23-22(24)15-27-28-23)17-5-7-20(31)8-6-17/h5-8,11-12,15,19,21,31H,1,4,9-10,13-14H2,2-3H3,(H,27,28). The van der Waals surface area contributed by atoms with Crippen LogP contribution in [0.4, 0.5) is 4.39 Å². The van der Waals surface area contributed by atoms with E-state index < -0.39 is 11.7 Å². The van der Waals surface area contributed by atoms with Gasteiger partial charge in [-0.3, -0.25) is 9.89 Å². The molecule has 1 amide bonds. The van der Waals surface area contributed by atoms with Crippen molar-refractivity contribution in [3.63, 3.8) is 0 Å². The van der Waals surface area contributed by atoms with E-state index in [9.17, 15) is 14.3 Å². The van der Waals surface area contributed by atoms with Crippen molar-refractivity contribution >= 4 is 16.8 Å². The molecule has 3 aromatic rings. The number of aromatic amines is 1. The van der Waals surface area contributed by atoms with E-state index in [1.807, 2.05) is 43.3 Å². The smallest absolute Gasteiger partial charge is 0.282 e. The quantitative estimate of drug-likeness (QED) is 0.478. The van der Waals surface area contributed by atoms with Crippen LogP contribution in [0, 0.1) is 0 Å². The van der Waals surface area contributed by atoms with Crippen molar-refractivity contribution in [2.45, 2.75) is 31.4 Å². The molecule has 0 aliphatic heterocycles. The molecular formula is C25H29FN4O3. The lowest BCUT2D eigenvalue weighted by molar-refractivity contribution is -0.134. The van der Waals surface area contributed by atoms with Gasteiger partial charge in [0.25, 0.3) is 5.91 Å². The number of ether oxygens (including phenoxy) is 1. The van der Waals surface area contributed by atoms with E-state index in [-0.39, 0.29) is 17.9 Å². The second kappa shape index (κ2) is 9.62. The maximum atomic E-state index is 13.6. The molecule has 0 unspecified atom stereocenters. The predicted octanol–water partition coefficient (Wildman–Crippen LogP) is 4.11. The number of nitrogens with zero attached hydrogens (tertiary/aromatic N) is 3. The fourth-order valence-electron chi connectivity index (χ4n) is 4.17. The summed E-state index contributed by atoms with van der Waals surface area (Å²) in [5.74, 6) is -0.651. The van der Waals surface area contributed by atoms with Crippen LogP contribution in [0.15, 0.2) is 55.0 Å². The van der Waals surface area contributed by atoms with Gasteiger partial charge in [0, 0.05) is 25.4 Å². The molecule has 1 aliphatic carbocycles. The number of amides is 1. The lowest BCUT2D eigenvalue weighted by Crippen LogP contribution is -2.52. The minimum Gasteiger partial charge on any atom is -0.508 e. The molecule has 1 aromatic heterocycles. The fraction of sp³-hybridized carbons (Fsp3) is 0.360. The summed E-state index contributed by atoms with van der Waals surface area (Å²) in [6.07, 6.45) is 3.66. The zero-order valence-electron chi connectivity index (χ0n) is 18.9. The van der Waals surface area contributed by atoms with Crippen molar-refractivity contribution < 1.29 is 19.0 Å². The van der Waals surface area contributed by atoms with Gasteiger partial charge in [0.05, 0.1) is 17.1 Å². The zero-order valence-corrected chi connectivity index (χ0v) is 18.9. The Hall–Kier alpha value is -3.39. The van der Waals surface area contributed by atoms with Crippen molar-refractivity contribution in [1.82, 2.24) is 20.0 Å². The first kappa shape index (κ1) is 22.8. The number of phenolic OH excluding ortho intramolecular Hbond substituents is 1. The van der Waals surface area contributed by atoms with Gasteiger partial charge in [0.1, 0.15) is 17.6 Å². The molecule has 1 aliphatic rings. The number of halogens is 1. The highest BCUT2D eigenvalue weighted by molar-refractivity contribution is 5.91. The monoisotopic (exact) mass is 452 g/mol. The third-order valence-corrected chi connectivity index (χ3v) is 6.02. The average molecular weight is 453 g/mol. The third kappa shape index (κ3) is 5.17. The lowest BCUT2D eigenvalue weighted by Gasteiger charge is -2.42. The van der Waals surface area contributed by atoms with Crippen LogP contribution in [0.25, 0.3) is 22.0 Å². The van der Waals surface area contributed by atoms with Gasteiger partial charge >= 0.3 is 0 Å². The number of phenols is 1. The third-order valence-electron chi connectivity index (χ3n) is 6.02. The van der Waals surface area contributed by atoms with Crippen LogP contribution >= 0.6 is 0 Å². The summed E-state index contributed by atoms with van der Waals surface area (Å²) >= 11 is 0. The summed E-state index contributed by atoms with van der Waals surface area (Å²) in [5, 5.41) is 17.6. The van der Waals surface area contributed by atoms with Crippen LogP contribution in [0.1, 0.15) is 19.3 Å². The van der Waals surface area contributed by atoms with Crippen molar-refractivity contribution in [3.8, 4) is 22.6 Å². The Kier molecular flexibility index (Phi) is 6.65. The molecule has 0 spiro atoms. The summed E-state index contributed by atoms with van der Waals surface area (Å²) in [6, 6.07) is 10.9. The molecule has 0 saturated heterocycles. The number of aromatic hydroxyl groups is 1. The van der Waals surface area contributed by atoms with Gasteiger partial charge in [-0.05, 0) is 62.5 Å². The summed E-state index contributed by atoms with van der Waals surface area (Å²) < 4.78 is 19.9. The van der Waals surface area contributed by atoms with Crippen LogP contribution in [-0.2, 0) is 4.79 Å². The Morgan fingerprint density at radius 3 is 2.61 bits per heavy atom. The van der Waals surface area contributed by atoms with E-state index in [0.717, 1.165) is 35.0 Å². The van der Waals surface area contributed by atoms with Crippen molar-refractivity contribution in [2.75, 3.05) is 27.2 Å². The van der Waals surface area contributed by atoms with Gasteiger partial charge in [-0.1, -0.05) is 18.7 Å². The van der Waals surface area contributed by atoms with Crippen molar-refractivity contribution in [2.24, 2.45) is 0 Å². The van der Waals surface area contributed by atoms with Gasteiger partial charge in [0.2, 0.25) is 0 Å². The first-order valence-corrected chi connectivity index (χ1v) is 11.0. The summed E-state index contributed by atoms with van der Waals surface area (Å²) in [7, 11) is 3.94. The number of carbonyl (C=O) groups excluding carboxylic acids is 1. The minimum atomic E-state index is -0.925. The predicted molar refractivity (Wildman–Crippen MR) is 126 cm³/mol. The van der Waals surface area contributed by atoms with E-state index in [1.165, 1.54) is 0 Å². The number of H-pyrrole nitrogens is 1. The van der Waals surface area contributed by atoms with Gasteiger partial charge in [-0.2, -0.15) is 5.10 Å². The zero-order chi connectivity index (χ0) is 23.5. The Labute approximate surface area is 192 Å². The van der Waals surface area contributed by atoms with E-state index >= 15 is 0 Å². The Bertz CT molecular complexity index is 1140. The molecule has 2 N–H and O–H groups in total. The minimum absolute atomic E-state index is 0.0720. The van der Waals surface area contributed by atoms with Crippen LogP contribution in [0.2, 0.25) is 0 Å². The molecular weight excluding hydrogens is 423 g/mol. The lowest BCUT2D eigenvalue weighted by atomic mass is 9.87. The average Bonchev–Trinajstić information content (AvgIpc) is 3.22. The highest BCUT2D eigenvalue weighted by Crippen LogP contribution is 2.36. The molecule has 1 heterocycles. The SMILES string of the molecule is C=C(F)C(=O)N(CCCN(C)C)C1CC(Oc2cc(-c3ccc(O)cc3)cc3[nH]ncc23)C1. The first-order chi connectivity index (χ1) is 15.8. The Balaban J connectivity index is 1.47. The molecule has 4 rings (SSSR count). The molecule has 1 fully saturated rings. The van der Waals surface area contributed by atoms with Gasteiger partial charge in [-0.15, -0.1) is 0 Å².